The summed E-state index contributed by atoms with van der Waals surface area (Å²) in [4.78, 5) is 11.7. The highest BCUT2D eigenvalue weighted by atomic mass is 32.2. The van der Waals surface area contributed by atoms with E-state index in [0.29, 0.717) is 17.0 Å². The molecule has 1 aromatic rings. The molecule has 19 heavy (non-hydrogen) atoms. The summed E-state index contributed by atoms with van der Waals surface area (Å²) in [5.74, 6) is -0.599. The highest BCUT2D eigenvalue weighted by Gasteiger charge is 2.23. The summed E-state index contributed by atoms with van der Waals surface area (Å²) in [7, 11) is -3.43. The fourth-order valence-corrected chi connectivity index (χ4v) is 1.77. The van der Waals surface area contributed by atoms with Gasteiger partial charge in [0.1, 0.15) is 5.25 Å². The SMILES string of the molecule is C/C(=N\O)c1cccc(NC(=O)C(C)S(C)(=O)=O)c1. The molecule has 2 N–H and O–H groups in total. The lowest BCUT2D eigenvalue weighted by atomic mass is 10.1. The highest BCUT2D eigenvalue weighted by Crippen LogP contribution is 2.13. The molecule has 0 fully saturated rings. The number of nitrogens with zero attached hydrogens (tertiary/aromatic N) is 1. The van der Waals surface area contributed by atoms with Gasteiger partial charge >= 0.3 is 0 Å². The molecule has 0 saturated heterocycles. The van der Waals surface area contributed by atoms with Gasteiger partial charge in [0.2, 0.25) is 5.91 Å². The van der Waals surface area contributed by atoms with Crippen molar-refractivity contribution in [2.45, 2.75) is 19.1 Å². The Kier molecular flexibility index (Phi) is 4.66. The van der Waals surface area contributed by atoms with E-state index >= 15 is 0 Å². The Morgan fingerprint density at radius 3 is 2.58 bits per heavy atom. The Balaban J connectivity index is 2.92. The second kappa shape index (κ2) is 5.83. The number of benzene rings is 1. The second-order valence-electron chi connectivity index (χ2n) is 4.23. The van der Waals surface area contributed by atoms with Gasteiger partial charge in [-0.05, 0) is 26.0 Å². The fraction of sp³-hybridized carbons (Fsp3) is 0.333. The molecule has 1 unspecified atom stereocenters. The van der Waals surface area contributed by atoms with E-state index in [4.69, 9.17) is 5.21 Å². The number of nitrogens with one attached hydrogen (secondary N) is 1. The minimum Gasteiger partial charge on any atom is -0.411 e. The van der Waals surface area contributed by atoms with Gasteiger partial charge in [0.25, 0.3) is 0 Å². The summed E-state index contributed by atoms with van der Waals surface area (Å²) in [6.45, 7) is 2.94. The summed E-state index contributed by atoms with van der Waals surface area (Å²) in [5.41, 5.74) is 1.47. The lowest BCUT2D eigenvalue weighted by Crippen LogP contribution is -2.31. The normalized spacial score (nSPS) is 13.9. The third kappa shape index (κ3) is 4.06. The van der Waals surface area contributed by atoms with Gasteiger partial charge in [-0.15, -0.1) is 0 Å². The number of sulfone groups is 1. The number of hydrogen-bond acceptors (Lipinski definition) is 5. The molecule has 6 nitrogen and oxygen atoms in total. The first-order valence-electron chi connectivity index (χ1n) is 5.54. The summed E-state index contributed by atoms with van der Waals surface area (Å²) >= 11 is 0. The average Bonchev–Trinajstić information content (AvgIpc) is 2.36. The van der Waals surface area contributed by atoms with Crippen molar-refractivity contribution in [2.24, 2.45) is 5.16 Å². The molecule has 104 valence electrons. The third-order valence-electron chi connectivity index (χ3n) is 2.71. The van der Waals surface area contributed by atoms with Crippen LogP contribution in [0.5, 0.6) is 0 Å². The number of hydrogen-bond donors (Lipinski definition) is 2. The fourth-order valence-electron chi connectivity index (χ4n) is 1.32. The van der Waals surface area contributed by atoms with Gasteiger partial charge in [-0.3, -0.25) is 4.79 Å². The molecule has 0 aliphatic carbocycles. The Hall–Kier alpha value is -1.89. The highest BCUT2D eigenvalue weighted by molar-refractivity contribution is 7.92. The van der Waals surface area contributed by atoms with E-state index in [2.05, 4.69) is 10.5 Å². The second-order valence-corrected chi connectivity index (χ2v) is 6.59. The van der Waals surface area contributed by atoms with E-state index in [1.807, 2.05) is 0 Å². The Morgan fingerprint density at radius 2 is 2.05 bits per heavy atom. The average molecular weight is 284 g/mol. The molecule has 0 aliphatic rings. The summed E-state index contributed by atoms with van der Waals surface area (Å²) in [6, 6.07) is 6.61. The Morgan fingerprint density at radius 1 is 1.42 bits per heavy atom. The van der Waals surface area contributed by atoms with Crippen molar-refractivity contribution in [3.8, 4) is 0 Å². The van der Waals surface area contributed by atoms with E-state index in [-0.39, 0.29) is 0 Å². The van der Waals surface area contributed by atoms with E-state index in [9.17, 15) is 13.2 Å². The zero-order chi connectivity index (χ0) is 14.6. The Labute approximate surface area is 112 Å². The van der Waals surface area contributed by atoms with Crippen LogP contribution in [0, 0.1) is 0 Å². The molecule has 0 bridgehead atoms. The standard InChI is InChI=1S/C12H16N2O4S/c1-8(14-16)10-5-4-6-11(7-10)13-12(15)9(2)19(3,17)18/h4-7,9,16H,1-3H3,(H,13,15)/b14-8+. The molecule has 1 rings (SSSR count). The van der Waals surface area contributed by atoms with Gasteiger partial charge in [-0.25, -0.2) is 8.42 Å². The minimum absolute atomic E-state index is 0.396. The molecule has 0 saturated carbocycles. The lowest BCUT2D eigenvalue weighted by Gasteiger charge is -2.11. The molecule has 1 atom stereocenters. The van der Waals surface area contributed by atoms with Crippen LogP contribution in [0.25, 0.3) is 0 Å². The smallest absolute Gasteiger partial charge is 0.242 e. The van der Waals surface area contributed by atoms with Gasteiger partial charge < -0.3 is 10.5 Å². The molecule has 0 spiro atoms. The maximum absolute atomic E-state index is 11.7. The van der Waals surface area contributed by atoms with Gasteiger partial charge in [0.15, 0.2) is 9.84 Å². The number of carbonyl (C=O) groups excluding carboxylic acids is 1. The lowest BCUT2D eigenvalue weighted by molar-refractivity contribution is -0.115. The van der Waals surface area contributed by atoms with E-state index < -0.39 is 21.0 Å². The number of carbonyl (C=O) groups is 1. The Bertz CT molecular complexity index is 608. The number of anilines is 1. The maximum atomic E-state index is 11.7. The van der Waals surface area contributed by atoms with Gasteiger partial charge in [-0.2, -0.15) is 0 Å². The maximum Gasteiger partial charge on any atom is 0.242 e. The van der Waals surface area contributed by atoms with Crippen molar-refractivity contribution in [1.82, 2.24) is 0 Å². The topological polar surface area (TPSA) is 95.8 Å². The molecule has 0 radical (unpaired) electrons. The van der Waals surface area contributed by atoms with E-state index in [1.165, 1.54) is 6.92 Å². The van der Waals surface area contributed by atoms with E-state index in [1.54, 1.807) is 31.2 Å². The molecular formula is C12H16N2O4S. The van der Waals surface area contributed by atoms with Crippen LogP contribution in [0.4, 0.5) is 5.69 Å². The van der Waals surface area contributed by atoms with Crippen LogP contribution in [0.15, 0.2) is 29.4 Å². The predicted molar refractivity (Wildman–Crippen MR) is 73.4 cm³/mol. The molecule has 0 aromatic heterocycles. The number of amides is 1. The van der Waals surface area contributed by atoms with Gasteiger partial charge in [0.05, 0.1) is 5.71 Å². The van der Waals surface area contributed by atoms with Gasteiger partial charge in [0, 0.05) is 17.5 Å². The van der Waals surface area contributed by atoms with Crippen LogP contribution in [0.3, 0.4) is 0 Å². The van der Waals surface area contributed by atoms with Crippen molar-refractivity contribution in [1.29, 1.82) is 0 Å². The summed E-state index contributed by atoms with van der Waals surface area (Å²) in [5, 5.41) is 13.1. The predicted octanol–water partition coefficient (Wildman–Crippen LogP) is 1.26. The number of oxime groups is 1. The summed E-state index contributed by atoms with van der Waals surface area (Å²) in [6.07, 6.45) is 1.01. The molecule has 1 amide bonds. The molecular weight excluding hydrogens is 268 g/mol. The first-order chi connectivity index (χ1) is 8.75. The van der Waals surface area contributed by atoms with Crippen LogP contribution < -0.4 is 5.32 Å². The minimum atomic E-state index is -3.43. The quantitative estimate of drug-likeness (QED) is 0.494. The van der Waals surface area contributed by atoms with Crippen molar-refractivity contribution in [2.75, 3.05) is 11.6 Å². The first-order valence-corrected chi connectivity index (χ1v) is 7.50. The molecule has 1 aromatic carbocycles. The largest absolute Gasteiger partial charge is 0.411 e. The monoisotopic (exact) mass is 284 g/mol. The molecule has 0 heterocycles. The van der Waals surface area contributed by atoms with Gasteiger partial charge in [-0.1, -0.05) is 17.3 Å². The molecule has 7 heteroatoms. The van der Waals surface area contributed by atoms with Crippen molar-refractivity contribution in [3.63, 3.8) is 0 Å². The number of rotatable bonds is 4. The van der Waals surface area contributed by atoms with Crippen LogP contribution in [-0.2, 0) is 14.6 Å². The van der Waals surface area contributed by atoms with Crippen molar-refractivity contribution >= 4 is 27.1 Å². The molecule has 0 aliphatic heterocycles. The zero-order valence-electron chi connectivity index (χ0n) is 10.9. The van der Waals surface area contributed by atoms with Crippen LogP contribution >= 0.6 is 0 Å². The van der Waals surface area contributed by atoms with Crippen molar-refractivity contribution < 1.29 is 18.4 Å². The third-order valence-corrected chi connectivity index (χ3v) is 4.21. The summed E-state index contributed by atoms with van der Waals surface area (Å²) < 4.78 is 22.5. The first kappa shape index (κ1) is 15.2. The zero-order valence-corrected chi connectivity index (χ0v) is 11.7. The van der Waals surface area contributed by atoms with Crippen LogP contribution in [-0.4, -0.2) is 36.7 Å². The van der Waals surface area contributed by atoms with E-state index in [0.717, 1.165) is 6.26 Å². The van der Waals surface area contributed by atoms with Crippen LogP contribution in [0.1, 0.15) is 19.4 Å². The van der Waals surface area contributed by atoms with Crippen molar-refractivity contribution in [3.05, 3.63) is 29.8 Å². The van der Waals surface area contributed by atoms with Crippen LogP contribution in [0.2, 0.25) is 0 Å².